The summed E-state index contributed by atoms with van der Waals surface area (Å²) in [4.78, 5) is 44.3. The molecule has 2 aromatic heterocycles. The van der Waals surface area contributed by atoms with Gasteiger partial charge in [-0.2, -0.15) is 23.4 Å². The number of hydrogen-bond donors (Lipinski definition) is 3. The molecule has 0 radical (unpaired) electrons. The molecule has 1 aliphatic carbocycles. The largest absolute Gasteiger partial charge is 0.477 e. The Morgan fingerprint density at radius 1 is 1.25 bits per heavy atom. The van der Waals surface area contributed by atoms with Gasteiger partial charge in [0.25, 0.3) is 11.7 Å². The van der Waals surface area contributed by atoms with Gasteiger partial charge in [0.2, 0.25) is 0 Å². The summed E-state index contributed by atoms with van der Waals surface area (Å²) in [6, 6.07) is 10.7. The van der Waals surface area contributed by atoms with Gasteiger partial charge >= 0.3 is 18.6 Å². The number of hydrogen-bond acceptors (Lipinski definition) is 9. The van der Waals surface area contributed by atoms with Gasteiger partial charge in [0, 0.05) is 12.6 Å². The number of aromatic carboxylic acids is 1. The summed E-state index contributed by atoms with van der Waals surface area (Å²) in [5, 5.41) is 16.2. The lowest BCUT2D eigenvalue weighted by Gasteiger charge is -2.16. The smallest absolute Gasteiger partial charge is 0.387 e. The molecule has 0 aliphatic heterocycles. The van der Waals surface area contributed by atoms with Gasteiger partial charge in [-0.05, 0) is 60.2 Å². The second kappa shape index (κ2) is 14.8. The molecular formula is C30H32F2N6O6. The molecule has 5 rings (SSSR count). The van der Waals surface area contributed by atoms with Crippen molar-refractivity contribution < 1.29 is 37.7 Å². The SMILES string of the molecule is C.C=CCOC(=O)c1ccc2c(c1C)CC[C@@H]2NC(=O)c1cc(C(=O)O)nc2ncnn12.NCc1cccc(OC(F)F)c1. The van der Waals surface area contributed by atoms with Gasteiger partial charge in [0.05, 0.1) is 11.6 Å². The number of ether oxygens (including phenoxy) is 2. The maximum absolute atomic E-state index is 13.0. The molecule has 14 heteroatoms. The lowest BCUT2D eigenvalue weighted by atomic mass is 9.98. The molecular weight excluding hydrogens is 578 g/mol. The van der Waals surface area contributed by atoms with Gasteiger partial charge in [0.1, 0.15) is 24.4 Å². The monoisotopic (exact) mass is 610 g/mol. The number of carboxylic acid groups (broad SMARTS) is 1. The maximum atomic E-state index is 13.0. The molecule has 2 heterocycles. The summed E-state index contributed by atoms with van der Waals surface area (Å²) < 4.78 is 33.9. The van der Waals surface area contributed by atoms with E-state index in [0.717, 1.165) is 22.3 Å². The molecule has 232 valence electrons. The summed E-state index contributed by atoms with van der Waals surface area (Å²) in [6.07, 6.45) is 4.04. The summed E-state index contributed by atoms with van der Waals surface area (Å²) in [6.45, 7) is 3.07. The highest BCUT2D eigenvalue weighted by atomic mass is 19.3. The van der Waals surface area contributed by atoms with E-state index in [2.05, 4.69) is 31.7 Å². The van der Waals surface area contributed by atoms with E-state index in [-0.39, 0.29) is 43.0 Å². The van der Waals surface area contributed by atoms with E-state index >= 15 is 0 Å². The molecule has 0 unspecified atom stereocenters. The first-order valence-corrected chi connectivity index (χ1v) is 13.0. The quantitative estimate of drug-likeness (QED) is 0.184. The molecule has 0 fully saturated rings. The Morgan fingerprint density at radius 2 is 2.02 bits per heavy atom. The van der Waals surface area contributed by atoms with Gasteiger partial charge in [-0.1, -0.05) is 38.3 Å². The highest BCUT2D eigenvalue weighted by molar-refractivity contribution is 5.96. The molecule has 1 amide bonds. The van der Waals surface area contributed by atoms with Crippen molar-refractivity contribution in [2.75, 3.05) is 6.61 Å². The van der Waals surface area contributed by atoms with E-state index in [0.29, 0.717) is 24.9 Å². The third-order valence-electron chi connectivity index (χ3n) is 6.61. The molecule has 1 atom stereocenters. The number of carbonyl (C=O) groups is 3. The topological polar surface area (TPSA) is 171 Å². The first-order valence-electron chi connectivity index (χ1n) is 13.0. The number of carbonyl (C=O) groups excluding carboxylic acids is 2. The molecule has 0 spiro atoms. The standard InChI is InChI=1S/C21H19N5O5.C8H9F2NO.CH4/c1-3-8-31-20(30)13-4-5-14-12(11(13)2)6-7-15(14)24-18(27)17-9-16(19(28)29)25-21-22-10-23-26(17)21;9-8(10)12-7-3-1-2-6(4-7)5-11;/h3-5,9-10,15H,1,6-8H2,2H3,(H,24,27)(H,28,29);1-4,8H,5,11H2;1H4/t15-;;/m0../s1. The van der Waals surface area contributed by atoms with Gasteiger partial charge < -0.3 is 25.6 Å². The van der Waals surface area contributed by atoms with Crippen molar-refractivity contribution in [3.05, 3.63) is 101 Å². The van der Waals surface area contributed by atoms with Crippen LogP contribution in [0.1, 0.15) is 73.5 Å². The number of halogens is 2. The summed E-state index contributed by atoms with van der Waals surface area (Å²) >= 11 is 0. The number of alkyl halides is 2. The van der Waals surface area contributed by atoms with Crippen molar-refractivity contribution in [3.8, 4) is 5.75 Å². The van der Waals surface area contributed by atoms with Gasteiger partial charge in [-0.3, -0.25) is 4.79 Å². The van der Waals surface area contributed by atoms with Crippen molar-refractivity contribution in [1.29, 1.82) is 0 Å². The Balaban J connectivity index is 0.000000344. The van der Waals surface area contributed by atoms with Gasteiger partial charge in [-0.25, -0.2) is 14.6 Å². The van der Waals surface area contributed by atoms with Crippen LogP contribution < -0.4 is 15.8 Å². The highest BCUT2D eigenvalue weighted by Gasteiger charge is 2.29. The Morgan fingerprint density at radius 3 is 2.70 bits per heavy atom. The van der Waals surface area contributed by atoms with E-state index in [4.69, 9.17) is 10.5 Å². The zero-order valence-corrected chi connectivity index (χ0v) is 23.0. The fraction of sp³-hybridized carbons (Fsp3) is 0.267. The van der Waals surface area contributed by atoms with Crippen molar-refractivity contribution in [3.63, 3.8) is 0 Å². The summed E-state index contributed by atoms with van der Waals surface area (Å²) in [5.41, 5.74) is 9.01. The van der Waals surface area contributed by atoms with Gasteiger partial charge in [0.15, 0.2) is 5.69 Å². The number of fused-ring (bicyclic) bond motifs is 2. The van der Waals surface area contributed by atoms with Crippen LogP contribution in [-0.4, -0.2) is 55.8 Å². The minimum atomic E-state index is -2.78. The number of nitrogens with two attached hydrogens (primary N) is 1. The minimum Gasteiger partial charge on any atom is -0.477 e. The van der Waals surface area contributed by atoms with Crippen LogP contribution in [0.3, 0.4) is 0 Å². The van der Waals surface area contributed by atoms with Crippen LogP contribution in [0.2, 0.25) is 0 Å². The fourth-order valence-electron chi connectivity index (χ4n) is 4.63. The maximum Gasteiger partial charge on any atom is 0.387 e. The van der Waals surface area contributed by atoms with Gasteiger partial charge in [-0.15, -0.1) is 0 Å². The lowest BCUT2D eigenvalue weighted by molar-refractivity contribution is -0.0499. The van der Waals surface area contributed by atoms with Crippen LogP contribution >= 0.6 is 0 Å². The predicted octanol–water partition coefficient (Wildman–Crippen LogP) is 4.27. The number of aromatic nitrogens is 4. The average Bonchev–Trinajstić information content (AvgIpc) is 3.63. The van der Waals surface area contributed by atoms with Crippen molar-refractivity contribution in [1.82, 2.24) is 24.9 Å². The van der Waals surface area contributed by atoms with Crippen LogP contribution in [0.25, 0.3) is 5.78 Å². The van der Waals surface area contributed by atoms with Crippen LogP contribution in [0.5, 0.6) is 5.75 Å². The van der Waals surface area contributed by atoms with E-state index in [1.165, 1.54) is 35.1 Å². The molecule has 2 aromatic carbocycles. The number of nitrogens with zero attached hydrogens (tertiary/aromatic N) is 4. The van der Waals surface area contributed by atoms with Crippen molar-refractivity contribution in [2.24, 2.45) is 5.73 Å². The zero-order chi connectivity index (χ0) is 31.1. The number of amides is 1. The number of benzene rings is 2. The summed E-state index contributed by atoms with van der Waals surface area (Å²) in [7, 11) is 0. The first kappa shape index (κ1) is 33.3. The second-order valence-electron chi connectivity index (χ2n) is 9.29. The number of carboxylic acids is 1. The predicted molar refractivity (Wildman–Crippen MR) is 156 cm³/mol. The zero-order valence-electron chi connectivity index (χ0n) is 23.0. The number of esters is 1. The molecule has 0 saturated carbocycles. The normalized spacial score (nSPS) is 13.2. The van der Waals surface area contributed by atoms with E-state index in [1.54, 1.807) is 18.2 Å². The Hall–Kier alpha value is -5.24. The Bertz CT molecular complexity index is 1680. The second-order valence-corrected chi connectivity index (χ2v) is 9.29. The van der Waals surface area contributed by atoms with Crippen LogP contribution in [0.15, 0.2) is 61.4 Å². The third kappa shape index (κ3) is 7.58. The third-order valence-corrected chi connectivity index (χ3v) is 6.61. The molecule has 1 aliphatic rings. The molecule has 0 saturated heterocycles. The first-order chi connectivity index (χ1) is 20.6. The molecule has 4 N–H and O–H groups in total. The van der Waals surface area contributed by atoms with Crippen LogP contribution in [-0.2, 0) is 17.7 Å². The molecule has 12 nitrogen and oxygen atoms in total. The lowest BCUT2D eigenvalue weighted by Crippen LogP contribution is -2.29. The molecule has 4 aromatic rings. The van der Waals surface area contributed by atoms with E-state index in [9.17, 15) is 28.3 Å². The molecule has 44 heavy (non-hydrogen) atoms. The van der Waals surface area contributed by atoms with E-state index in [1.807, 2.05) is 13.0 Å². The Labute approximate surface area is 251 Å². The average molecular weight is 611 g/mol. The van der Waals surface area contributed by atoms with E-state index < -0.39 is 24.5 Å². The number of rotatable bonds is 9. The minimum absolute atomic E-state index is 0. The Kier molecular flexibility index (Phi) is 11.2. The molecule has 0 bridgehead atoms. The van der Waals surface area contributed by atoms with Crippen molar-refractivity contribution >= 4 is 23.6 Å². The van der Waals surface area contributed by atoms with Crippen LogP contribution in [0, 0.1) is 6.92 Å². The summed E-state index contributed by atoms with van der Waals surface area (Å²) in [5.74, 6) is -2.01. The van der Waals surface area contributed by atoms with Crippen molar-refractivity contribution in [2.45, 2.75) is 46.4 Å². The fourth-order valence-corrected chi connectivity index (χ4v) is 4.63. The van der Waals surface area contributed by atoms with Crippen LogP contribution in [0.4, 0.5) is 8.78 Å². The number of nitrogens with one attached hydrogen (secondary N) is 1. The highest BCUT2D eigenvalue weighted by Crippen LogP contribution is 2.35.